The molecule has 2 atom stereocenters. The maximum atomic E-state index is 14.1. The Morgan fingerprint density at radius 2 is 1.49 bits per heavy atom. The summed E-state index contributed by atoms with van der Waals surface area (Å²) in [5.41, 5.74) is 2.38. The van der Waals surface area contributed by atoms with Gasteiger partial charge in [-0.3, -0.25) is 19.3 Å². The van der Waals surface area contributed by atoms with Crippen molar-refractivity contribution in [1.29, 1.82) is 0 Å². The molecule has 0 spiro atoms. The van der Waals surface area contributed by atoms with Crippen molar-refractivity contribution < 1.29 is 28.7 Å². The summed E-state index contributed by atoms with van der Waals surface area (Å²) in [6.45, 7) is 5.25. The number of hydrogen-bond donors (Lipinski definition) is 2. The molecular formula is C35H40N4O6. The van der Waals surface area contributed by atoms with Crippen LogP contribution in [-0.2, 0) is 41.7 Å². The molecule has 1 heterocycles. The van der Waals surface area contributed by atoms with Crippen LogP contribution in [-0.4, -0.2) is 60.8 Å². The van der Waals surface area contributed by atoms with Gasteiger partial charge in [0.15, 0.2) is 0 Å². The SMILES string of the molecule is CC(C)(C)OC(=O)[C@H](CC=O)NC(=O)CN1C(=O)[C@@H](NC(=O)CCc2ccccc2)CN(Cc2ccccc2)c2ccccc21. The molecule has 1 aliphatic rings. The molecular weight excluding hydrogens is 572 g/mol. The molecule has 0 saturated heterocycles. The van der Waals surface area contributed by atoms with Gasteiger partial charge in [-0.1, -0.05) is 72.8 Å². The van der Waals surface area contributed by atoms with Crippen LogP contribution in [0.2, 0.25) is 0 Å². The van der Waals surface area contributed by atoms with Gasteiger partial charge in [0.25, 0.3) is 5.91 Å². The Hall–Kier alpha value is -4.99. The second-order valence-corrected chi connectivity index (χ2v) is 11.9. The van der Waals surface area contributed by atoms with Gasteiger partial charge >= 0.3 is 5.97 Å². The van der Waals surface area contributed by atoms with E-state index in [4.69, 9.17) is 4.74 Å². The number of carbonyl (C=O) groups excluding carboxylic acids is 5. The van der Waals surface area contributed by atoms with E-state index >= 15 is 0 Å². The molecule has 0 bridgehead atoms. The monoisotopic (exact) mass is 612 g/mol. The Bertz CT molecular complexity index is 1490. The van der Waals surface area contributed by atoms with Crippen molar-refractivity contribution in [3.05, 3.63) is 96.1 Å². The fourth-order valence-electron chi connectivity index (χ4n) is 5.12. The number of aldehydes is 1. The standard InChI is InChI=1S/C35H40N4O6/c1-35(2,3)45-34(44)27(20-21-40)36-32(42)24-39-30-17-11-10-16-29(30)38(22-26-14-8-5-9-15-26)23-28(33(39)43)37-31(41)19-18-25-12-6-4-7-13-25/h4-17,21,27-28H,18-20,22-24H2,1-3H3,(H,36,42)(H,37,41)/t27-,28-/m0/s1. The normalized spacial score (nSPS) is 15.4. The highest BCUT2D eigenvalue weighted by Crippen LogP contribution is 2.33. The molecule has 2 N–H and O–H groups in total. The van der Waals surface area contributed by atoms with Gasteiger partial charge < -0.3 is 25.1 Å². The first-order valence-corrected chi connectivity index (χ1v) is 15.0. The van der Waals surface area contributed by atoms with E-state index in [1.165, 1.54) is 4.90 Å². The molecule has 1 aliphatic heterocycles. The highest BCUT2D eigenvalue weighted by atomic mass is 16.6. The zero-order chi connectivity index (χ0) is 32.4. The third-order valence-electron chi connectivity index (χ3n) is 7.18. The van der Waals surface area contributed by atoms with Crippen molar-refractivity contribution in [3.8, 4) is 0 Å². The molecule has 0 fully saturated rings. The van der Waals surface area contributed by atoms with Crippen molar-refractivity contribution in [3.63, 3.8) is 0 Å². The minimum absolute atomic E-state index is 0.172. The van der Waals surface area contributed by atoms with Gasteiger partial charge in [-0.2, -0.15) is 0 Å². The van der Waals surface area contributed by atoms with Crippen LogP contribution in [0, 0.1) is 0 Å². The number of fused-ring (bicyclic) bond motifs is 1. The van der Waals surface area contributed by atoms with Crippen molar-refractivity contribution >= 4 is 41.4 Å². The number of rotatable bonds is 12. The third-order valence-corrected chi connectivity index (χ3v) is 7.18. The Balaban J connectivity index is 1.60. The number of para-hydroxylation sites is 2. The van der Waals surface area contributed by atoms with Crippen LogP contribution in [0.1, 0.15) is 44.7 Å². The summed E-state index contributed by atoms with van der Waals surface area (Å²) in [6.07, 6.45) is 0.944. The molecule has 10 heteroatoms. The summed E-state index contributed by atoms with van der Waals surface area (Å²) in [5.74, 6) is -2.15. The largest absolute Gasteiger partial charge is 0.458 e. The lowest BCUT2D eigenvalue weighted by atomic mass is 10.1. The maximum absolute atomic E-state index is 14.1. The molecule has 3 aromatic rings. The van der Waals surface area contributed by atoms with E-state index in [-0.39, 0.29) is 25.3 Å². The average Bonchev–Trinajstić information content (AvgIpc) is 3.11. The van der Waals surface area contributed by atoms with Gasteiger partial charge in [-0.05, 0) is 50.5 Å². The van der Waals surface area contributed by atoms with Gasteiger partial charge in [0, 0.05) is 25.9 Å². The first kappa shape index (κ1) is 32.9. The summed E-state index contributed by atoms with van der Waals surface area (Å²) in [4.78, 5) is 68.0. The highest BCUT2D eigenvalue weighted by molar-refractivity contribution is 6.06. The van der Waals surface area contributed by atoms with Crippen LogP contribution in [0.4, 0.5) is 11.4 Å². The van der Waals surface area contributed by atoms with Gasteiger partial charge in [-0.25, -0.2) is 4.79 Å². The molecule has 236 valence electrons. The third kappa shape index (κ3) is 9.50. The molecule has 10 nitrogen and oxygen atoms in total. The first-order chi connectivity index (χ1) is 21.5. The fourth-order valence-corrected chi connectivity index (χ4v) is 5.12. The highest BCUT2D eigenvalue weighted by Gasteiger charge is 2.36. The number of ether oxygens (including phenoxy) is 1. The van der Waals surface area contributed by atoms with Crippen molar-refractivity contribution in [1.82, 2.24) is 10.6 Å². The quantitative estimate of drug-likeness (QED) is 0.237. The van der Waals surface area contributed by atoms with E-state index in [1.807, 2.05) is 77.7 Å². The zero-order valence-electron chi connectivity index (χ0n) is 25.9. The lowest BCUT2D eigenvalue weighted by molar-refractivity contribution is -0.159. The predicted molar refractivity (Wildman–Crippen MR) is 171 cm³/mol. The summed E-state index contributed by atoms with van der Waals surface area (Å²) in [6, 6.07) is 24.4. The fraction of sp³-hybridized carbons (Fsp3) is 0.343. The summed E-state index contributed by atoms with van der Waals surface area (Å²) < 4.78 is 5.38. The van der Waals surface area contributed by atoms with Crippen LogP contribution in [0.5, 0.6) is 0 Å². The van der Waals surface area contributed by atoms with Crippen LogP contribution >= 0.6 is 0 Å². The van der Waals surface area contributed by atoms with E-state index in [0.29, 0.717) is 30.6 Å². The molecule has 3 aromatic carbocycles. The Morgan fingerprint density at radius 1 is 0.889 bits per heavy atom. The Morgan fingerprint density at radius 3 is 2.11 bits per heavy atom. The maximum Gasteiger partial charge on any atom is 0.329 e. The minimum Gasteiger partial charge on any atom is -0.458 e. The van der Waals surface area contributed by atoms with Gasteiger partial charge in [-0.15, -0.1) is 0 Å². The number of aryl methyl sites for hydroxylation is 1. The molecule has 0 aromatic heterocycles. The topological polar surface area (TPSA) is 125 Å². The predicted octanol–water partition coefficient (Wildman–Crippen LogP) is 3.57. The average molecular weight is 613 g/mol. The molecule has 0 saturated carbocycles. The van der Waals surface area contributed by atoms with E-state index in [1.54, 1.807) is 32.9 Å². The molecule has 3 amide bonds. The van der Waals surface area contributed by atoms with Crippen LogP contribution in [0.25, 0.3) is 0 Å². The summed E-state index contributed by atoms with van der Waals surface area (Å²) >= 11 is 0. The number of amides is 3. The van der Waals surface area contributed by atoms with Gasteiger partial charge in [0.2, 0.25) is 11.8 Å². The number of esters is 1. The van der Waals surface area contributed by atoms with Crippen LogP contribution < -0.4 is 20.4 Å². The second-order valence-electron chi connectivity index (χ2n) is 11.9. The van der Waals surface area contributed by atoms with Gasteiger partial charge in [0.05, 0.1) is 11.4 Å². The smallest absolute Gasteiger partial charge is 0.329 e. The minimum atomic E-state index is -1.21. The second kappa shape index (κ2) is 15.1. The summed E-state index contributed by atoms with van der Waals surface area (Å²) in [7, 11) is 0. The van der Waals surface area contributed by atoms with Crippen molar-refractivity contribution in [2.24, 2.45) is 0 Å². The number of hydrogen-bond acceptors (Lipinski definition) is 7. The number of nitrogens with one attached hydrogen (secondary N) is 2. The molecule has 0 unspecified atom stereocenters. The van der Waals surface area contributed by atoms with Crippen LogP contribution in [0.15, 0.2) is 84.9 Å². The lowest BCUT2D eigenvalue weighted by Gasteiger charge is -2.27. The number of carbonyl (C=O) groups is 5. The first-order valence-electron chi connectivity index (χ1n) is 15.0. The molecule has 0 aliphatic carbocycles. The van der Waals surface area contributed by atoms with E-state index in [0.717, 1.165) is 11.1 Å². The number of benzene rings is 3. The number of anilines is 2. The number of nitrogens with zero attached hydrogens (tertiary/aromatic N) is 2. The van der Waals surface area contributed by atoms with Crippen LogP contribution in [0.3, 0.4) is 0 Å². The van der Waals surface area contributed by atoms with Gasteiger partial charge in [0.1, 0.15) is 30.5 Å². The summed E-state index contributed by atoms with van der Waals surface area (Å²) in [5, 5.41) is 5.48. The molecule has 45 heavy (non-hydrogen) atoms. The lowest BCUT2D eigenvalue weighted by Crippen LogP contribution is -2.54. The Kier molecular flexibility index (Phi) is 11.1. The van der Waals surface area contributed by atoms with Crippen molar-refractivity contribution in [2.75, 3.05) is 22.9 Å². The molecule has 0 radical (unpaired) electrons. The zero-order valence-corrected chi connectivity index (χ0v) is 25.9. The van der Waals surface area contributed by atoms with E-state index in [9.17, 15) is 24.0 Å². The molecule has 4 rings (SSSR count). The Labute approximate surface area is 263 Å². The van der Waals surface area contributed by atoms with E-state index < -0.39 is 42.0 Å². The van der Waals surface area contributed by atoms with E-state index in [2.05, 4.69) is 10.6 Å². The van der Waals surface area contributed by atoms with Crippen molar-refractivity contribution in [2.45, 2.75) is 64.3 Å².